The van der Waals surface area contributed by atoms with Gasteiger partial charge in [-0.25, -0.2) is 0 Å². The maximum absolute atomic E-state index is 12.2. The van der Waals surface area contributed by atoms with Crippen LogP contribution in [0.2, 0.25) is 0 Å². The van der Waals surface area contributed by atoms with Crippen molar-refractivity contribution in [3.63, 3.8) is 0 Å². The van der Waals surface area contributed by atoms with Gasteiger partial charge in [0, 0.05) is 29.8 Å². The zero-order chi connectivity index (χ0) is 26.5. The lowest BCUT2D eigenvalue weighted by Crippen LogP contribution is -2.44. The van der Waals surface area contributed by atoms with E-state index in [1.54, 1.807) is 31.3 Å². The van der Waals surface area contributed by atoms with Gasteiger partial charge in [0.2, 0.25) is 0 Å². The van der Waals surface area contributed by atoms with Gasteiger partial charge >= 0.3 is 11.9 Å². The van der Waals surface area contributed by atoms with Crippen LogP contribution in [0.4, 0.5) is 0 Å². The van der Waals surface area contributed by atoms with Gasteiger partial charge in [-0.2, -0.15) is 0 Å². The third-order valence-electron chi connectivity index (χ3n) is 6.94. The van der Waals surface area contributed by atoms with Crippen molar-refractivity contribution in [2.75, 3.05) is 0 Å². The van der Waals surface area contributed by atoms with E-state index in [0.717, 1.165) is 27.9 Å². The van der Waals surface area contributed by atoms with Gasteiger partial charge in [-0.3, -0.25) is 14.6 Å². The molecule has 1 aromatic heterocycles. The Morgan fingerprint density at radius 1 is 1.00 bits per heavy atom. The number of aryl methyl sites for hydroxylation is 3. The number of rotatable bonds is 10. The van der Waals surface area contributed by atoms with Crippen LogP contribution in [-0.4, -0.2) is 38.1 Å². The number of carboxylic acids is 2. The second-order valence-corrected chi connectivity index (χ2v) is 8.99. The highest BCUT2D eigenvalue weighted by Gasteiger charge is 2.48. The SMILES string of the molecule is CCc1cc([C@H](CC(=NO)c2ccnc(C)c2)c2ccccc2C)ccc1C(CC)(C(=O)O)C(=O)O. The molecule has 3 rings (SSSR count). The lowest BCUT2D eigenvalue weighted by Gasteiger charge is -2.28. The predicted octanol–water partition coefficient (Wildman–Crippen LogP) is 5.48. The van der Waals surface area contributed by atoms with Gasteiger partial charge in [0.25, 0.3) is 0 Å². The largest absolute Gasteiger partial charge is 0.480 e. The Labute approximate surface area is 211 Å². The van der Waals surface area contributed by atoms with E-state index in [0.29, 0.717) is 29.7 Å². The van der Waals surface area contributed by atoms with Crippen LogP contribution in [0.25, 0.3) is 0 Å². The van der Waals surface area contributed by atoms with E-state index in [-0.39, 0.29) is 12.3 Å². The standard InChI is InChI=1S/C29H32N2O5/c1-5-20-16-21(11-12-25(20)29(6-2,27(32)33)28(34)35)24(23-10-8-7-9-18(23)3)17-26(31-36)22-13-14-30-19(4)15-22/h7-16,24,36H,5-6,17H2,1-4H3,(H,32,33)(H,34,35)/t24-/m0/s1. The molecular formula is C29H32N2O5. The lowest BCUT2D eigenvalue weighted by molar-refractivity contribution is -0.157. The van der Waals surface area contributed by atoms with Crippen molar-refractivity contribution in [2.45, 2.75) is 58.3 Å². The minimum atomic E-state index is -2.02. The highest BCUT2D eigenvalue weighted by molar-refractivity contribution is 6.05. The van der Waals surface area contributed by atoms with Crippen LogP contribution < -0.4 is 0 Å². The molecule has 0 unspecified atom stereocenters. The third kappa shape index (κ3) is 5.00. The van der Waals surface area contributed by atoms with Crippen LogP contribution >= 0.6 is 0 Å². The quantitative estimate of drug-likeness (QED) is 0.150. The van der Waals surface area contributed by atoms with Crippen molar-refractivity contribution >= 4 is 17.7 Å². The average Bonchev–Trinajstić information content (AvgIpc) is 2.86. The molecule has 0 aliphatic heterocycles. The summed E-state index contributed by atoms with van der Waals surface area (Å²) in [7, 11) is 0. The molecule has 7 nitrogen and oxygen atoms in total. The Morgan fingerprint density at radius 2 is 1.69 bits per heavy atom. The van der Waals surface area contributed by atoms with E-state index in [2.05, 4.69) is 10.1 Å². The van der Waals surface area contributed by atoms with Gasteiger partial charge in [0.05, 0.1) is 5.71 Å². The highest BCUT2D eigenvalue weighted by Crippen LogP contribution is 2.37. The summed E-state index contributed by atoms with van der Waals surface area (Å²) >= 11 is 0. The van der Waals surface area contributed by atoms with Gasteiger partial charge in [0.1, 0.15) is 0 Å². The molecule has 7 heteroatoms. The molecular weight excluding hydrogens is 456 g/mol. The predicted molar refractivity (Wildman–Crippen MR) is 138 cm³/mol. The lowest BCUT2D eigenvalue weighted by atomic mass is 9.74. The van der Waals surface area contributed by atoms with E-state index in [9.17, 15) is 25.0 Å². The van der Waals surface area contributed by atoms with Gasteiger partial charge in [0.15, 0.2) is 5.41 Å². The Kier molecular flexibility index (Phi) is 8.25. The second kappa shape index (κ2) is 11.2. The number of hydrogen-bond acceptors (Lipinski definition) is 5. The summed E-state index contributed by atoms with van der Waals surface area (Å²) in [6.07, 6.45) is 2.44. The van der Waals surface area contributed by atoms with Gasteiger partial charge in [-0.1, -0.05) is 61.5 Å². The van der Waals surface area contributed by atoms with E-state index in [1.165, 1.54) is 0 Å². The molecule has 2 aromatic carbocycles. The smallest absolute Gasteiger partial charge is 0.325 e. The minimum Gasteiger partial charge on any atom is -0.480 e. The first-order valence-corrected chi connectivity index (χ1v) is 12.0. The van der Waals surface area contributed by atoms with Crippen molar-refractivity contribution in [3.8, 4) is 0 Å². The van der Waals surface area contributed by atoms with E-state index in [1.807, 2.05) is 57.2 Å². The fourth-order valence-electron chi connectivity index (χ4n) is 4.87. The molecule has 0 saturated heterocycles. The van der Waals surface area contributed by atoms with Crippen LogP contribution in [0.15, 0.2) is 65.9 Å². The van der Waals surface area contributed by atoms with Crippen LogP contribution in [0, 0.1) is 13.8 Å². The van der Waals surface area contributed by atoms with Crippen molar-refractivity contribution < 1.29 is 25.0 Å². The Balaban J connectivity index is 2.19. The van der Waals surface area contributed by atoms with Crippen molar-refractivity contribution in [1.82, 2.24) is 4.98 Å². The maximum Gasteiger partial charge on any atom is 0.325 e. The fraction of sp³-hybridized carbons (Fsp3) is 0.310. The summed E-state index contributed by atoms with van der Waals surface area (Å²) in [5.74, 6) is -2.97. The molecule has 0 saturated carbocycles. The average molecular weight is 489 g/mol. The summed E-state index contributed by atoms with van der Waals surface area (Å²) in [4.78, 5) is 28.6. The van der Waals surface area contributed by atoms with Gasteiger partial charge in [-0.15, -0.1) is 0 Å². The topological polar surface area (TPSA) is 120 Å². The number of carbonyl (C=O) groups is 2. The molecule has 0 spiro atoms. The number of pyridine rings is 1. The van der Waals surface area contributed by atoms with Crippen LogP contribution in [-0.2, 0) is 21.4 Å². The second-order valence-electron chi connectivity index (χ2n) is 8.99. The zero-order valence-corrected chi connectivity index (χ0v) is 21.0. The van der Waals surface area contributed by atoms with E-state index >= 15 is 0 Å². The van der Waals surface area contributed by atoms with Crippen molar-refractivity contribution in [3.05, 3.63) is 99.9 Å². The molecule has 1 heterocycles. The van der Waals surface area contributed by atoms with Gasteiger partial charge in [-0.05, 0) is 66.6 Å². The molecule has 3 N–H and O–H groups in total. The Bertz CT molecular complexity index is 1280. The number of nitrogens with zero attached hydrogens (tertiary/aromatic N) is 2. The molecule has 3 aromatic rings. The summed E-state index contributed by atoms with van der Waals surface area (Å²) in [5.41, 5.74) is 3.99. The van der Waals surface area contributed by atoms with Crippen molar-refractivity contribution in [1.29, 1.82) is 0 Å². The molecule has 0 radical (unpaired) electrons. The maximum atomic E-state index is 12.2. The molecule has 36 heavy (non-hydrogen) atoms. The van der Waals surface area contributed by atoms with Crippen LogP contribution in [0.3, 0.4) is 0 Å². The normalized spacial score (nSPS) is 12.8. The van der Waals surface area contributed by atoms with Gasteiger partial charge < -0.3 is 15.4 Å². The monoisotopic (exact) mass is 488 g/mol. The third-order valence-corrected chi connectivity index (χ3v) is 6.94. The number of aliphatic carboxylic acids is 2. The number of aromatic nitrogens is 1. The highest BCUT2D eigenvalue weighted by atomic mass is 16.4. The number of benzene rings is 2. The zero-order valence-electron chi connectivity index (χ0n) is 21.0. The van der Waals surface area contributed by atoms with E-state index in [4.69, 9.17) is 0 Å². The number of carboxylic acid groups (broad SMARTS) is 2. The molecule has 0 bridgehead atoms. The van der Waals surface area contributed by atoms with Crippen LogP contribution in [0.5, 0.6) is 0 Å². The first kappa shape index (κ1) is 26.6. The molecule has 0 aliphatic carbocycles. The Hall–Kier alpha value is -4.00. The van der Waals surface area contributed by atoms with Crippen LogP contribution in [0.1, 0.15) is 71.7 Å². The number of oxime groups is 1. The first-order valence-electron chi connectivity index (χ1n) is 12.0. The number of hydrogen-bond donors (Lipinski definition) is 3. The van der Waals surface area contributed by atoms with E-state index < -0.39 is 17.4 Å². The summed E-state index contributed by atoms with van der Waals surface area (Å²) in [5, 5.41) is 33.4. The fourth-order valence-corrected chi connectivity index (χ4v) is 4.87. The van der Waals surface area contributed by atoms with Crippen molar-refractivity contribution in [2.24, 2.45) is 5.16 Å². The molecule has 0 amide bonds. The molecule has 0 aliphatic rings. The summed E-state index contributed by atoms with van der Waals surface area (Å²) in [6.45, 7) is 7.34. The minimum absolute atomic E-state index is 0.0754. The summed E-state index contributed by atoms with van der Waals surface area (Å²) in [6, 6.07) is 16.9. The summed E-state index contributed by atoms with van der Waals surface area (Å²) < 4.78 is 0. The Morgan fingerprint density at radius 3 is 2.25 bits per heavy atom. The first-order chi connectivity index (χ1) is 17.2. The molecule has 188 valence electrons. The molecule has 1 atom stereocenters. The molecule has 0 fully saturated rings.